The predicted octanol–water partition coefficient (Wildman–Crippen LogP) is 2.37. The molecule has 2 rings (SSSR count). The van der Waals surface area contributed by atoms with Crippen LogP contribution in [-0.2, 0) is 0 Å². The molecule has 0 atom stereocenters. The van der Waals surface area contributed by atoms with Gasteiger partial charge in [0.15, 0.2) is 0 Å². The molecular weight excluding hydrogens is 218 g/mol. The van der Waals surface area contributed by atoms with Crippen LogP contribution < -0.4 is 9.47 Å². The Kier molecular flexibility index (Phi) is 3.49. The van der Waals surface area contributed by atoms with Gasteiger partial charge < -0.3 is 9.47 Å². The third-order valence-corrected chi connectivity index (χ3v) is 1.99. The van der Waals surface area contributed by atoms with Crippen LogP contribution >= 0.6 is 0 Å². The van der Waals surface area contributed by atoms with E-state index in [9.17, 15) is 0 Å². The molecule has 0 spiro atoms. The van der Waals surface area contributed by atoms with Gasteiger partial charge in [0.25, 0.3) is 0 Å². The molecule has 2 aromatic rings. The Balaban J connectivity index is 2.12. The van der Waals surface area contributed by atoms with Gasteiger partial charge in [-0.25, -0.2) is 4.98 Å². The monoisotopic (exact) mass is 231 g/mol. The number of pyridine rings is 1. The van der Waals surface area contributed by atoms with E-state index in [1.54, 1.807) is 18.5 Å². The van der Waals surface area contributed by atoms with Crippen LogP contribution in [-0.4, -0.2) is 21.6 Å². The fourth-order valence-electron chi connectivity index (χ4n) is 1.22. The van der Waals surface area contributed by atoms with Gasteiger partial charge in [-0.05, 0) is 26.0 Å². The second kappa shape index (κ2) is 5.25. The molecule has 88 valence electrons. The Labute approximate surface area is 99.5 Å². The molecule has 0 saturated carbocycles. The lowest BCUT2D eigenvalue weighted by atomic mass is 10.4. The molecule has 17 heavy (non-hydrogen) atoms. The molecule has 0 bridgehead atoms. The normalized spacial score (nSPS) is 10.0. The second-order valence-electron chi connectivity index (χ2n) is 3.35. The van der Waals surface area contributed by atoms with Crippen molar-refractivity contribution in [2.75, 3.05) is 6.61 Å². The van der Waals surface area contributed by atoms with Gasteiger partial charge in [-0.15, -0.1) is 0 Å². The third-order valence-electron chi connectivity index (χ3n) is 1.99. The number of nitrogens with zero attached hydrogens (tertiary/aromatic N) is 3. The van der Waals surface area contributed by atoms with Crippen LogP contribution in [0.25, 0.3) is 0 Å². The van der Waals surface area contributed by atoms with Crippen LogP contribution in [0.2, 0.25) is 0 Å². The summed E-state index contributed by atoms with van der Waals surface area (Å²) in [7, 11) is 0. The molecule has 2 heterocycles. The molecule has 0 unspecified atom stereocenters. The minimum atomic E-state index is 0.251. The standard InChI is InChI=1S/C12H13N3O2/c1-3-16-11-6-7-13-12(15-11)17-10-5-4-9(2)14-8-10/h4-8H,3H2,1-2H3. The highest BCUT2D eigenvalue weighted by molar-refractivity contribution is 5.23. The summed E-state index contributed by atoms with van der Waals surface area (Å²) < 4.78 is 10.7. The zero-order valence-electron chi connectivity index (χ0n) is 9.75. The van der Waals surface area contributed by atoms with Gasteiger partial charge in [-0.1, -0.05) is 0 Å². The van der Waals surface area contributed by atoms with E-state index < -0.39 is 0 Å². The number of hydrogen-bond acceptors (Lipinski definition) is 5. The molecule has 5 nitrogen and oxygen atoms in total. The quantitative estimate of drug-likeness (QED) is 0.808. The van der Waals surface area contributed by atoms with Crippen LogP contribution in [0.1, 0.15) is 12.6 Å². The lowest BCUT2D eigenvalue weighted by molar-refractivity contribution is 0.318. The van der Waals surface area contributed by atoms with Crippen molar-refractivity contribution in [3.05, 3.63) is 36.3 Å². The Morgan fingerprint density at radius 3 is 2.76 bits per heavy atom. The minimum absolute atomic E-state index is 0.251. The van der Waals surface area contributed by atoms with E-state index in [0.29, 0.717) is 18.2 Å². The molecule has 0 aliphatic rings. The van der Waals surface area contributed by atoms with Crippen LogP contribution in [0.4, 0.5) is 0 Å². The summed E-state index contributed by atoms with van der Waals surface area (Å²) in [6.07, 6.45) is 3.22. The maximum Gasteiger partial charge on any atom is 0.325 e. The van der Waals surface area contributed by atoms with Gasteiger partial charge in [0.1, 0.15) is 5.75 Å². The summed E-state index contributed by atoms with van der Waals surface area (Å²) >= 11 is 0. The Hall–Kier alpha value is -2.17. The van der Waals surface area contributed by atoms with Gasteiger partial charge in [0.2, 0.25) is 5.88 Å². The first kappa shape index (κ1) is 11.3. The fourth-order valence-corrected chi connectivity index (χ4v) is 1.22. The summed E-state index contributed by atoms with van der Waals surface area (Å²) in [5.41, 5.74) is 0.932. The zero-order valence-corrected chi connectivity index (χ0v) is 9.75. The number of hydrogen-bond donors (Lipinski definition) is 0. The summed E-state index contributed by atoms with van der Waals surface area (Å²) in [6, 6.07) is 5.62. The molecule has 0 aliphatic carbocycles. The highest BCUT2D eigenvalue weighted by Crippen LogP contribution is 2.18. The SMILES string of the molecule is CCOc1ccnc(Oc2ccc(C)nc2)n1. The van der Waals surface area contributed by atoms with Crippen molar-refractivity contribution < 1.29 is 9.47 Å². The summed E-state index contributed by atoms with van der Waals surface area (Å²) in [4.78, 5) is 12.2. The number of rotatable bonds is 4. The minimum Gasteiger partial charge on any atom is -0.478 e. The first-order valence-corrected chi connectivity index (χ1v) is 5.34. The van der Waals surface area contributed by atoms with E-state index in [4.69, 9.17) is 9.47 Å². The molecule has 0 fully saturated rings. The molecule has 2 aromatic heterocycles. The van der Waals surface area contributed by atoms with Crippen LogP contribution in [0.3, 0.4) is 0 Å². The van der Waals surface area contributed by atoms with Gasteiger partial charge in [0.05, 0.1) is 12.8 Å². The molecule has 0 amide bonds. The topological polar surface area (TPSA) is 57.1 Å². The molecule has 5 heteroatoms. The lowest BCUT2D eigenvalue weighted by Gasteiger charge is -2.05. The number of aryl methyl sites for hydroxylation is 1. The molecule has 0 radical (unpaired) electrons. The average Bonchev–Trinajstić information content (AvgIpc) is 2.33. The summed E-state index contributed by atoms with van der Waals surface area (Å²) in [5.74, 6) is 1.10. The Morgan fingerprint density at radius 1 is 1.18 bits per heavy atom. The Morgan fingerprint density at radius 2 is 2.06 bits per heavy atom. The van der Waals surface area contributed by atoms with Crippen molar-refractivity contribution in [3.63, 3.8) is 0 Å². The molecule has 0 N–H and O–H groups in total. The fraction of sp³-hybridized carbons (Fsp3) is 0.250. The van der Waals surface area contributed by atoms with E-state index in [2.05, 4.69) is 15.0 Å². The highest BCUT2D eigenvalue weighted by atomic mass is 16.5. The molecular formula is C12H13N3O2. The van der Waals surface area contributed by atoms with Crippen molar-refractivity contribution >= 4 is 0 Å². The first-order valence-electron chi connectivity index (χ1n) is 5.34. The van der Waals surface area contributed by atoms with E-state index in [1.807, 2.05) is 26.0 Å². The van der Waals surface area contributed by atoms with E-state index in [-0.39, 0.29) is 6.01 Å². The van der Waals surface area contributed by atoms with Crippen molar-refractivity contribution in [2.24, 2.45) is 0 Å². The summed E-state index contributed by atoms with van der Waals surface area (Å²) in [6.45, 7) is 4.37. The number of ether oxygens (including phenoxy) is 2. The zero-order chi connectivity index (χ0) is 12.1. The third kappa shape index (κ3) is 3.14. The van der Waals surface area contributed by atoms with Gasteiger partial charge in [-0.2, -0.15) is 4.98 Å². The average molecular weight is 231 g/mol. The van der Waals surface area contributed by atoms with Crippen molar-refractivity contribution in [1.29, 1.82) is 0 Å². The maximum atomic E-state index is 5.46. The van der Waals surface area contributed by atoms with Gasteiger partial charge in [-0.3, -0.25) is 4.98 Å². The van der Waals surface area contributed by atoms with Crippen LogP contribution in [0, 0.1) is 6.92 Å². The van der Waals surface area contributed by atoms with Gasteiger partial charge in [0, 0.05) is 18.0 Å². The largest absolute Gasteiger partial charge is 0.478 e. The summed E-state index contributed by atoms with van der Waals surface area (Å²) in [5, 5.41) is 0. The number of aromatic nitrogens is 3. The highest BCUT2D eigenvalue weighted by Gasteiger charge is 2.02. The molecule has 0 saturated heterocycles. The van der Waals surface area contributed by atoms with Crippen LogP contribution in [0.15, 0.2) is 30.6 Å². The van der Waals surface area contributed by atoms with E-state index >= 15 is 0 Å². The second-order valence-corrected chi connectivity index (χ2v) is 3.35. The maximum absolute atomic E-state index is 5.46. The van der Waals surface area contributed by atoms with E-state index in [0.717, 1.165) is 5.69 Å². The first-order chi connectivity index (χ1) is 8.28. The van der Waals surface area contributed by atoms with Crippen molar-refractivity contribution in [2.45, 2.75) is 13.8 Å². The van der Waals surface area contributed by atoms with E-state index in [1.165, 1.54) is 0 Å². The van der Waals surface area contributed by atoms with Crippen molar-refractivity contribution in [3.8, 4) is 17.6 Å². The molecule has 0 aliphatic heterocycles. The van der Waals surface area contributed by atoms with Gasteiger partial charge >= 0.3 is 6.01 Å². The predicted molar refractivity (Wildman–Crippen MR) is 62.2 cm³/mol. The van der Waals surface area contributed by atoms with Crippen LogP contribution in [0.5, 0.6) is 17.6 Å². The Bertz CT molecular complexity index is 485. The smallest absolute Gasteiger partial charge is 0.325 e. The van der Waals surface area contributed by atoms with Crippen molar-refractivity contribution in [1.82, 2.24) is 15.0 Å². The lowest BCUT2D eigenvalue weighted by Crippen LogP contribution is -1.97. The molecule has 0 aromatic carbocycles.